The van der Waals surface area contributed by atoms with Gasteiger partial charge in [-0.3, -0.25) is 5.43 Å². The molecule has 0 bridgehead atoms. The van der Waals surface area contributed by atoms with Crippen LogP contribution >= 0.6 is 11.3 Å². The van der Waals surface area contributed by atoms with Gasteiger partial charge in [0, 0.05) is 10.9 Å². The van der Waals surface area contributed by atoms with Gasteiger partial charge in [0.15, 0.2) is 0 Å². The first-order chi connectivity index (χ1) is 15.1. The lowest BCUT2D eigenvalue weighted by atomic mass is 10.1. The predicted octanol–water partition coefficient (Wildman–Crippen LogP) is 6.09. The highest BCUT2D eigenvalue weighted by Gasteiger charge is 2.10. The van der Waals surface area contributed by atoms with Gasteiger partial charge in [0.05, 0.1) is 17.5 Å². The summed E-state index contributed by atoms with van der Waals surface area (Å²) >= 11 is 1.50. The zero-order valence-corrected chi connectivity index (χ0v) is 18.0. The van der Waals surface area contributed by atoms with Crippen molar-refractivity contribution in [2.75, 3.05) is 5.43 Å². The molecule has 0 aliphatic heterocycles. The molecule has 0 aliphatic carbocycles. The lowest BCUT2D eigenvalue weighted by Gasteiger charge is -2.06. The molecule has 1 heterocycles. The number of rotatable bonds is 6. The second-order valence-corrected chi connectivity index (χ2v) is 7.91. The normalized spacial score (nSPS) is 10.9. The van der Waals surface area contributed by atoms with Gasteiger partial charge >= 0.3 is 5.97 Å². The van der Waals surface area contributed by atoms with Gasteiger partial charge in [-0.2, -0.15) is 5.10 Å². The van der Waals surface area contributed by atoms with E-state index in [2.05, 4.69) is 46.7 Å². The molecular formula is C25H21N3O2S. The number of benzene rings is 3. The van der Waals surface area contributed by atoms with Gasteiger partial charge in [0.1, 0.15) is 5.75 Å². The Bertz CT molecular complexity index is 1210. The molecule has 1 N–H and O–H groups in total. The molecule has 0 radical (unpaired) electrons. The molecule has 4 aromatic rings. The van der Waals surface area contributed by atoms with E-state index in [1.807, 2.05) is 42.6 Å². The molecule has 154 valence electrons. The van der Waals surface area contributed by atoms with E-state index in [0.717, 1.165) is 27.5 Å². The van der Waals surface area contributed by atoms with Crippen LogP contribution in [0.3, 0.4) is 0 Å². The van der Waals surface area contributed by atoms with Crippen molar-refractivity contribution in [2.45, 2.75) is 13.8 Å². The third-order valence-corrected chi connectivity index (χ3v) is 5.43. The lowest BCUT2D eigenvalue weighted by Crippen LogP contribution is -2.10. The fourth-order valence-corrected chi connectivity index (χ4v) is 3.60. The predicted molar refractivity (Wildman–Crippen MR) is 126 cm³/mol. The number of nitrogens with one attached hydrogen (secondary N) is 1. The fourth-order valence-electron chi connectivity index (χ4n) is 2.93. The van der Waals surface area contributed by atoms with Crippen LogP contribution in [0.25, 0.3) is 11.3 Å². The second kappa shape index (κ2) is 9.36. The van der Waals surface area contributed by atoms with Gasteiger partial charge < -0.3 is 4.74 Å². The number of nitrogens with zero attached hydrogens (tertiary/aromatic N) is 2. The smallest absolute Gasteiger partial charge is 0.343 e. The van der Waals surface area contributed by atoms with Crippen LogP contribution in [0.1, 0.15) is 27.0 Å². The minimum absolute atomic E-state index is 0.366. The van der Waals surface area contributed by atoms with Crippen molar-refractivity contribution >= 4 is 28.7 Å². The van der Waals surface area contributed by atoms with E-state index in [1.165, 1.54) is 16.9 Å². The largest absolute Gasteiger partial charge is 0.423 e. The van der Waals surface area contributed by atoms with Gasteiger partial charge in [0.2, 0.25) is 5.13 Å². The molecule has 0 amide bonds. The summed E-state index contributed by atoms with van der Waals surface area (Å²) in [5.74, 6) is 0.121. The Morgan fingerprint density at radius 3 is 2.48 bits per heavy atom. The van der Waals surface area contributed by atoms with Crippen LogP contribution in [-0.2, 0) is 0 Å². The Hall–Kier alpha value is -3.77. The number of hydrogen-bond acceptors (Lipinski definition) is 6. The summed E-state index contributed by atoms with van der Waals surface area (Å²) < 4.78 is 5.45. The van der Waals surface area contributed by atoms with E-state index in [9.17, 15) is 4.79 Å². The Morgan fingerprint density at radius 2 is 1.74 bits per heavy atom. The molecule has 1 aromatic heterocycles. The minimum Gasteiger partial charge on any atom is -0.423 e. The van der Waals surface area contributed by atoms with Gasteiger partial charge in [-0.25, -0.2) is 9.78 Å². The average molecular weight is 428 g/mol. The number of esters is 1. The summed E-state index contributed by atoms with van der Waals surface area (Å²) in [6.45, 7) is 3.95. The first kappa shape index (κ1) is 20.5. The number of anilines is 1. The molecule has 0 unspecified atom stereocenters. The standard InChI is InChI=1S/C25H21N3O2S/c1-17-7-11-20(12-8-17)23-16-31-25(27-23)28-26-15-19-9-13-21(14-10-19)30-24(29)22-6-4-3-5-18(22)2/h3-16H,1-2H3,(H,27,28)/b26-15-. The van der Waals surface area contributed by atoms with E-state index in [-0.39, 0.29) is 5.97 Å². The van der Waals surface area contributed by atoms with E-state index in [0.29, 0.717) is 11.3 Å². The van der Waals surface area contributed by atoms with Crippen LogP contribution in [0, 0.1) is 13.8 Å². The zero-order valence-electron chi connectivity index (χ0n) is 17.2. The summed E-state index contributed by atoms with van der Waals surface area (Å²) in [5, 5.41) is 6.97. The topological polar surface area (TPSA) is 63.6 Å². The molecule has 0 aliphatic rings. The van der Waals surface area contributed by atoms with Gasteiger partial charge in [-0.15, -0.1) is 11.3 Å². The van der Waals surface area contributed by atoms with Crippen molar-refractivity contribution < 1.29 is 9.53 Å². The van der Waals surface area contributed by atoms with Crippen LogP contribution in [-0.4, -0.2) is 17.2 Å². The monoisotopic (exact) mass is 427 g/mol. The van der Waals surface area contributed by atoms with Crippen LogP contribution < -0.4 is 10.2 Å². The number of carbonyl (C=O) groups is 1. The fraction of sp³-hybridized carbons (Fsp3) is 0.0800. The summed E-state index contributed by atoms with van der Waals surface area (Å²) in [5.41, 5.74) is 8.50. The summed E-state index contributed by atoms with van der Waals surface area (Å²) in [7, 11) is 0. The number of carbonyl (C=O) groups excluding carboxylic acids is 1. The highest BCUT2D eigenvalue weighted by molar-refractivity contribution is 7.14. The number of thiazole rings is 1. The lowest BCUT2D eigenvalue weighted by molar-refractivity contribution is 0.0734. The molecule has 6 heteroatoms. The van der Waals surface area contributed by atoms with Gasteiger partial charge in [-0.05, 0) is 55.3 Å². The number of aryl methyl sites for hydroxylation is 2. The van der Waals surface area contributed by atoms with Gasteiger partial charge in [-0.1, -0.05) is 48.0 Å². The quantitative estimate of drug-likeness (QED) is 0.175. The first-order valence-corrected chi connectivity index (χ1v) is 10.7. The van der Waals surface area contributed by atoms with E-state index >= 15 is 0 Å². The average Bonchev–Trinajstić information content (AvgIpc) is 3.24. The molecule has 4 rings (SSSR count). The molecule has 0 saturated heterocycles. The third kappa shape index (κ3) is 5.24. The van der Waals surface area contributed by atoms with Crippen molar-refractivity contribution in [3.8, 4) is 17.0 Å². The maximum atomic E-state index is 12.3. The Balaban J connectivity index is 1.34. The Labute approximate surface area is 185 Å². The Morgan fingerprint density at radius 1 is 1.00 bits per heavy atom. The molecule has 0 spiro atoms. The zero-order chi connectivity index (χ0) is 21.6. The molecule has 31 heavy (non-hydrogen) atoms. The van der Waals surface area contributed by atoms with Gasteiger partial charge in [0.25, 0.3) is 0 Å². The highest BCUT2D eigenvalue weighted by atomic mass is 32.1. The van der Waals surface area contributed by atoms with E-state index in [4.69, 9.17) is 4.74 Å². The van der Waals surface area contributed by atoms with Crippen LogP contribution in [0.2, 0.25) is 0 Å². The molecule has 0 saturated carbocycles. The molecule has 5 nitrogen and oxygen atoms in total. The SMILES string of the molecule is Cc1ccc(-c2csc(N/N=C\c3ccc(OC(=O)c4ccccc4C)cc3)n2)cc1. The van der Waals surface area contributed by atoms with Crippen molar-refractivity contribution in [1.29, 1.82) is 0 Å². The highest BCUT2D eigenvalue weighted by Crippen LogP contribution is 2.25. The number of hydrogen-bond donors (Lipinski definition) is 1. The first-order valence-electron chi connectivity index (χ1n) is 9.78. The number of aromatic nitrogens is 1. The maximum absolute atomic E-state index is 12.3. The third-order valence-electron chi connectivity index (χ3n) is 4.68. The molecule has 0 fully saturated rings. The minimum atomic E-state index is -0.366. The summed E-state index contributed by atoms with van der Waals surface area (Å²) in [6, 6.07) is 22.8. The molecule has 3 aromatic carbocycles. The van der Waals surface area contributed by atoms with Crippen LogP contribution in [0.4, 0.5) is 5.13 Å². The number of ether oxygens (including phenoxy) is 1. The summed E-state index contributed by atoms with van der Waals surface area (Å²) in [4.78, 5) is 16.9. The molecule has 0 atom stereocenters. The van der Waals surface area contributed by atoms with Crippen molar-refractivity contribution in [3.05, 3.63) is 100 Å². The van der Waals surface area contributed by atoms with Crippen molar-refractivity contribution in [3.63, 3.8) is 0 Å². The van der Waals surface area contributed by atoms with E-state index < -0.39 is 0 Å². The van der Waals surface area contributed by atoms with Crippen LogP contribution in [0.5, 0.6) is 5.75 Å². The second-order valence-electron chi connectivity index (χ2n) is 7.05. The number of hydrazone groups is 1. The Kier molecular flexibility index (Phi) is 6.19. The van der Waals surface area contributed by atoms with Crippen molar-refractivity contribution in [1.82, 2.24) is 4.98 Å². The van der Waals surface area contributed by atoms with E-state index in [1.54, 1.807) is 24.4 Å². The van der Waals surface area contributed by atoms with Crippen LogP contribution in [0.15, 0.2) is 83.3 Å². The summed E-state index contributed by atoms with van der Waals surface area (Å²) in [6.07, 6.45) is 1.69. The van der Waals surface area contributed by atoms with Crippen molar-refractivity contribution in [2.24, 2.45) is 5.10 Å². The maximum Gasteiger partial charge on any atom is 0.343 e. The molecular weight excluding hydrogens is 406 g/mol.